The van der Waals surface area contributed by atoms with Crippen molar-refractivity contribution in [2.45, 2.75) is 38.7 Å². The highest BCUT2D eigenvalue weighted by molar-refractivity contribution is 6.32. The summed E-state index contributed by atoms with van der Waals surface area (Å²) in [7, 11) is 0. The molecular weight excluding hydrogens is 449 g/mol. The number of aliphatic hydroxyl groups is 1. The molecule has 2 aromatic rings. The average molecular weight is 476 g/mol. The standard InChI is InChI=1S/C25H27ClFNO5/c1-25(2,31)17-3-4-22(20(26)11-17)32-13-15-5-7-28(8-6-15)24(30)19-10-16-9-18(29)14-33-23(16)12-21(19)27/h3-4,10-12,15,31H,5-9,13-14H2,1-2H3. The van der Waals surface area contributed by atoms with E-state index in [4.69, 9.17) is 21.1 Å². The van der Waals surface area contributed by atoms with Gasteiger partial charge in [0.25, 0.3) is 5.91 Å². The lowest BCUT2D eigenvalue weighted by Crippen LogP contribution is -2.40. The fraction of sp³-hybridized carbons (Fsp3) is 0.440. The smallest absolute Gasteiger partial charge is 0.256 e. The van der Waals surface area contributed by atoms with Crippen LogP contribution < -0.4 is 9.47 Å². The second kappa shape index (κ2) is 9.31. The molecule has 0 bridgehead atoms. The Kier molecular flexibility index (Phi) is 6.64. The molecule has 2 aliphatic rings. The number of carbonyl (C=O) groups excluding carboxylic acids is 2. The number of hydrogen-bond donors (Lipinski definition) is 1. The largest absolute Gasteiger partial charge is 0.492 e. The van der Waals surface area contributed by atoms with Crippen LogP contribution >= 0.6 is 11.6 Å². The topological polar surface area (TPSA) is 76.1 Å². The molecule has 2 aromatic carbocycles. The van der Waals surface area contributed by atoms with Crippen molar-refractivity contribution in [3.05, 3.63) is 57.9 Å². The van der Waals surface area contributed by atoms with Crippen molar-refractivity contribution >= 4 is 23.3 Å². The third kappa shape index (κ3) is 5.31. The first kappa shape index (κ1) is 23.5. The van der Waals surface area contributed by atoms with E-state index < -0.39 is 11.4 Å². The summed E-state index contributed by atoms with van der Waals surface area (Å²) in [6.45, 7) is 4.75. The zero-order valence-corrected chi connectivity index (χ0v) is 19.5. The number of ether oxygens (including phenoxy) is 2. The monoisotopic (exact) mass is 475 g/mol. The third-order valence-corrected chi connectivity index (χ3v) is 6.47. The predicted octanol–water partition coefficient (Wildman–Crippen LogP) is 4.14. The maximum Gasteiger partial charge on any atom is 0.256 e. The van der Waals surface area contributed by atoms with Crippen LogP contribution in [0.5, 0.6) is 11.5 Å². The molecule has 0 spiro atoms. The molecule has 1 saturated heterocycles. The van der Waals surface area contributed by atoms with E-state index in [1.54, 1.807) is 36.9 Å². The Balaban J connectivity index is 1.33. The van der Waals surface area contributed by atoms with Crippen LogP contribution in [0.4, 0.5) is 4.39 Å². The molecule has 0 aromatic heterocycles. The van der Waals surface area contributed by atoms with Gasteiger partial charge in [-0.3, -0.25) is 9.59 Å². The zero-order chi connectivity index (χ0) is 23.8. The quantitative estimate of drug-likeness (QED) is 0.703. The SMILES string of the molecule is CC(C)(O)c1ccc(OCC2CCN(C(=O)c3cc4c(cc3F)OCC(=O)C4)CC2)c(Cl)c1. The van der Waals surface area contributed by atoms with Gasteiger partial charge in [0.1, 0.15) is 23.9 Å². The van der Waals surface area contributed by atoms with Crippen LogP contribution in [0.1, 0.15) is 48.2 Å². The molecule has 0 radical (unpaired) electrons. The number of fused-ring (bicyclic) bond motifs is 1. The molecule has 2 heterocycles. The number of ketones is 1. The van der Waals surface area contributed by atoms with E-state index in [0.29, 0.717) is 47.3 Å². The van der Waals surface area contributed by atoms with Crippen molar-refractivity contribution in [2.24, 2.45) is 5.92 Å². The van der Waals surface area contributed by atoms with Crippen LogP contribution in [-0.2, 0) is 16.8 Å². The Morgan fingerprint density at radius 3 is 2.67 bits per heavy atom. The number of rotatable bonds is 5. The minimum Gasteiger partial charge on any atom is -0.492 e. The van der Waals surface area contributed by atoms with Gasteiger partial charge in [-0.25, -0.2) is 4.39 Å². The highest BCUT2D eigenvalue weighted by atomic mass is 35.5. The first-order valence-electron chi connectivity index (χ1n) is 11.0. The highest BCUT2D eigenvalue weighted by Gasteiger charge is 2.28. The Hall–Kier alpha value is -2.64. The van der Waals surface area contributed by atoms with Crippen LogP contribution in [0, 0.1) is 11.7 Å². The number of hydrogen-bond acceptors (Lipinski definition) is 5. The van der Waals surface area contributed by atoms with Crippen molar-refractivity contribution in [1.29, 1.82) is 0 Å². The summed E-state index contributed by atoms with van der Waals surface area (Å²) >= 11 is 6.31. The Morgan fingerprint density at radius 2 is 2.00 bits per heavy atom. The van der Waals surface area contributed by atoms with Gasteiger partial charge < -0.3 is 19.5 Å². The number of benzene rings is 2. The molecule has 2 aliphatic heterocycles. The number of halogens is 2. The Bertz CT molecular complexity index is 1070. The molecule has 1 N–H and O–H groups in total. The molecule has 176 valence electrons. The lowest BCUT2D eigenvalue weighted by atomic mass is 9.96. The number of amides is 1. The molecule has 0 atom stereocenters. The fourth-order valence-corrected chi connectivity index (χ4v) is 4.37. The summed E-state index contributed by atoms with van der Waals surface area (Å²) in [5.74, 6) is 0.00656. The van der Waals surface area contributed by atoms with E-state index in [-0.39, 0.29) is 36.2 Å². The van der Waals surface area contributed by atoms with Gasteiger partial charge in [0.15, 0.2) is 5.78 Å². The molecule has 1 amide bonds. The van der Waals surface area contributed by atoms with Crippen LogP contribution in [0.15, 0.2) is 30.3 Å². The molecule has 0 unspecified atom stereocenters. The van der Waals surface area contributed by atoms with Crippen molar-refractivity contribution in [3.8, 4) is 11.5 Å². The maximum absolute atomic E-state index is 14.5. The van der Waals surface area contributed by atoms with Gasteiger partial charge in [-0.05, 0) is 56.4 Å². The van der Waals surface area contributed by atoms with E-state index >= 15 is 0 Å². The van der Waals surface area contributed by atoms with Gasteiger partial charge in [-0.1, -0.05) is 17.7 Å². The first-order chi connectivity index (χ1) is 15.6. The molecule has 0 aliphatic carbocycles. The highest BCUT2D eigenvalue weighted by Crippen LogP contribution is 2.32. The van der Waals surface area contributed by atoms with Gasteiger partial charge in [0, 0.05) is 31.1 Å². The Morgan fingerprint density at radius 1 is 1.27 bits per heavy atom. The Labute approximate surface area is 197 Å². The second-order valence-corrected chi connectivity index (χ2v) is 9.60. The van der Waals surface area contributed by atoms with Crippen molar-refractivity contribution in [3.63, 3.8) is 0 Å². The number of likely N-dealkylation sites (tertiary alicyclic amines) is 1. The first-order valence-corrected chi connectivity index (χ1v) is 11.4. The van der Waals surface area contributed by atoms with Crippen molar-refractivity contribution < 1.29 is 28.6 Å². The van der Waals surface area contributed by atoms with Gasteiger partial charge in [-0.2, -0.15) is 0 Å². The number of Topliss-reactive ketones (excluding diaryl/α,β-unsaturated/α-hetero) is 1. The zero-order valence-electron chi connectivity index (χ0n) is 18.7. The number of carbonyl (C=O) groups is 2. The summed E-state index contributed by atoms with van der Waals surface area (Å²) < 4.78 is 25.7. The summed E-state index contributed by atoms with van der Waals surface area (Å²) in [4.78, 5) is 26.2. The summed E-state index contributed by atoms with van der Waals surface area (Å²) in [6, 6.07) is 7.88. The summed E-state index contributed by atoms with van der Waals surface area (Å²) in [5, 5.41) is 10.5. The van der Waals surface area contributed by atoms with E-state index in [1.807, 2.05) is 0 Å². The predicted molar refractivity (Wildman–Crippen MR) is 121 cm³/mol. The van der Waals surface area contributed by atoms with E-state index in [2.05, 4.69) is 0 Å². The van der Waals surface area contributed by atoms with E-state index in [0.717, 1.165) is 12.8 Å². The summed E-state index contributed by atoms with van der Waals surface area (Å²) in [6.07, 6.45) is 1.59. The fourth-order valence-electron chi connectivity index (χ4n) is 4.14. The number of nitrogens with zero attached hydrogens (tertiary/aromatic N) is 1. The van der Waals surface area contributed by atoms with Crippen LogP contribution in [0.2, 0.25) is 5.02 Å². The van der Waals surface area contributed by atoms with E-state index in [1.165, 1.54) is 12.1 Å². The molecule has 0 saturated carbocycles. The molecule has 6 nitrogen and oxygen atoms in total. The molecule has 8 heteroatoms. The van der Waals surface area contributed by atoms with Crippen LogP contribution in [0.3, 0.4) is 0 Å². The normalized spacial score (nSPS) is 16.9. The van der Waals surface area contributed by atoms with Gasteiger partial charge >= 0.3 is 0 Å². The van der Waals surface area contributed by atoms with Crippen LogP contribution in [0.25, 0.3) is 0 Å². The number of piperidine rings is 1. The van der Waals surface area contributed by atoms with Gasteiger partial charge in [0.05, 0.1) is 22.8 Å². The lowest BCUT2D eigenvalue weighted by Gasteiger charge is -2.32. The van der Waals surface area contributed by atoms with Gasteiger partial charge in [0.2, 0.25) is 0 Å². The lowest BCUT2D eigenvalue weighted by molar-refractivity contribution is -0.121. The van der Waals surface area contributed by atoms with Crippen molar-refractivity contribution in [1.82, 2.24) is 4.90 Å². The van der Waals surface area contributed by atoms with Crippen LogP contribution in [-0.4, -0.2) is 48.0 Å². The van der Waals surface area contributed by atoms with Crippen molar-refractivity contribution in [2.75, 3.05) is 26.3 Å². The second-order valence-electron chi connectivity index (χ2n) is 9.19. The maximum atomic E-state index is 14.5. The molecule has 1 fully saturated rings. The minimum atomic E-state index is -0.985. The average Bonchev–Trinajstić information content (AvgIpc) is 2.77. The molecule has 4 rings (SSSR count). The molecular formula is C25H27ClFNO5. The molecule has 33 heavy (non-hydrogen) atoms. The summed E-state index contributed by atoms with van der Waals surface area (Å²) in [5.41, 5.74) is 0.242. The third-order valence-electron chi connectivity index (χ3n) is 6.17. The minimum absolute atomic E-state index is 0.0274. The van der Waals surface area contributed by atoms with Gasteiger partial charge in [-0.15, -0.1) is 0 Å². The van der Waals surface area contributed by atoms with E-state index in [9.17, 15) is 19.1 Å².